The summed E-state index contributed by atoms with van der Waals surface area (Å²) >= 11 is 0. The summed E-state index contributed by atoms with van der Waals surface area (Å²) in [5, 5.41) is 0. The predicted octanol–water partition coefficient (Wildman–Crippen LogP) is 4.35. The predicted molar refractivity (Wildman–Crippen MR) is 89.6 cm³/mol. The molecule has 0 saturated carbocycles. The van der Waals surface area contributed by atoms with Gasteiger partial charge in [0.2, 0.25) is 0 Å². The van der Waals surface area contributed by atoms with Crippen molar-refractivity contribution in [3.63, 3.8) is 0 Å². The van der Waals surface area contributed by atoms with Crippen molar-refractivity contribution >= 4 is 11.5 Å². The molecule has 5 rings (SSSR count). The van der Waals surface area contributed by atoms with E-state index in [4.69, 9.17) is 0 Å². The Labute approximate surface area is 130 Å². The molecule has 2 aliphatic rings. The van der Waals surface area contributed by atoms with Crippen LogP contribution in [0.4, 0.5) is 11.5 Å². The molecule has 0 radical (unpaired) electrons. The van der Waals surface area contributed by atoms with E-state index >= 15 is 0 Å². The maximum atomic E-state index is 4.52. The molecule has 2 heteroatoms. The Bertz CT molecular complexity index is 868. The van der Waals surface area contributed by atoms with E-state index in [-0.39, 0.29) is 0 Å². The van der Waals surface area contributed by atoms with Crippen LogP contribution < -0.4 is 4.90 Å². The van der Waals surface area contributed by atoms with Gasteiger partial charge in [-0.3, -0.25) is 0 Å². The fraction of sp³-hybridized carbons (Fsp3) is 0.150. The normalized spacial score (nSPS) is 14.6. The second kappa shape index (κ2) is 4.44. The molecule has 1 aliphatic heterocycles. The lowest BCUT2D eigenvalue weighted by atomic mass is 9.99. The van der Waals surface area contributed by atoms with E-state index in [1.54, 1.807) is 0 Å². The SMILES string of the molecule is c1ccc(N2CCc3c2ccc2c3Cc3ccccc3-2)nc1. The first-order valence-electron chi connectivity index (χ1n) is 7.83. The average molecular weight is 284 g/mol. The van der Waals surface area contributed by atoms with Crippen LogP contribution in [0, 0.1) is 0 Å². The van der Waals surface area contributed by atoms with E-state index in [1.165, 1.54) is 33.5 Å². The lowest BCUT2D eigenvalue weighted by molar-refractivity contribution is 0.969. The van der Waals surface area contributed by atoms with Crippen LogP contribution in [-0.2, 0) is 12.8 Å². The fourth-order valence-electron chi connectivity index (χ4n) is 3.89. The monoisotopic (exact) mass is 284 g/mol. The summed E-state index contributed by atoms with van der Waals surface area (Å²) < 4.78 is 0. The van der Waals surface area contributed by atoms with Gasteiger partial charge in [-0.05, 0) is 58.9 Å². The van der Waals surface area contributed by atoms with Crippen molar-refractivity contribution in [2.75, 3.05) is 11.4 Å². The zero-order chi connectivity index (χ0) is 14.5. The van der Waals surface area contributed by atoms with Gasteiger partial charge in [0.1, 0.15) is 5.82 Å². The van der Waals surface area contributed by atoms with Crippen LogP contribution in [0.5, 0.6) is 0 Å². The molecular weight excluding hydrogens is 268 g/mol. The molecule has 106 valence electrons. The number of benzene rings is 2. The molecule has 0 fully saturated rings. The minimum Gasteiger partial charge on any atom is -0.326 e. The van der Waals surface area contributed by atoms with Crippen LogP contribution in [0.1, 0.15) is 16.7 Å². The summed E-state index contributed by atoms with van der Waals surface area (Å²) in [5.41, 5.74) is 8.68. The first-order chi connectivity index (χ1) is 10.9. The van der Waals surface area contributed by atoms with Crippen molar-refractivity contribution in [3.05, 3.63) is 77.5 Å². The van der Waals surface area contributed by atoms with Gasteiger partial charge in [-0.15, -0.1) is 0 Å². The lowest BCUT2D eigenvalue weighted by Gasteiger charge is -2.18. The molecule has 0 N–H and O–H groups in total. The first-order valence-corrected chi connectivity index (χ1v) is 7.83. The van der Waals surface area contributed by atoms with Crippen LogP contribution in [0.2, 0.25) is 0 Å². The summed E-state index contributed by atoms with van der Waals surface area (Å²) in [6.45, 7) is 1.03. The molecule has 2 heterocycles. The van der Waals surface area contributed by atoms with E-state index in [0.29, 0.717) is 0 Å². The number of anilines is 2. The number of hydrogen-bond acceptors (Lipinski definition) is 2. The maximum Gasteiger partial charge on any atom is 0.132 e. The molecule has 2 nitrogen and oxygen atoms in total. The summed E-state index contributed by atoms with van der Waals surface area (Å²) in [7, 11) is 0. The third-order valence-corrected chi connectivity index (χ3v) is 4.88. The van der Waals surface area contributed by atoms with Crippen molar-refractivity contribution in [3.8, 4) is 11.1 Å². The van der Waals surface area contributed by atoms with Gasteiger partial charge >= 0.3 is 0 Å². The number of nitrogens with zero attached hydrogens (tertiary/aromatic N) is 2. The summed E-state index contributed by atoms with van der Waals surface area (Å²) in [6, 6.07) is 19.5. The Kier molecular flexibility index (Phi) is 2.42. The van der Waals surface area contributed by atoms with Crippen molar-refractivity contribution in [1.82, 2.24) is 4.98 Å². The summed E-state index contributed by atoms with van der Waals surface area (Å²) in [6.07, 6.45) is 4.06. The zero-order valence-corrected chi connectivity index (χ0v) is 12.3. The van der Waals surface area contributed by atoms with Gasteiger partial charge in [-0.25, -0.2) is 4.98 Å². The Morgan fingerprint density at radius 2 is 1.73 bits per heavy atom. The smallest absolute Gasteiger partial charge is 0.132 e. The average Bonchev–Trinajstić information content (AvgIpc) is 3.16. The molecule has 3 aromatic rings. The Morgan fingerprint density at radius 1 is 0.818 bits per heavy atom. The topological polar surface area (TPSA) is 16.1 Å². The number of rotatable bonds is 1. The molecule has 0 saturated heterocycles. The first kappa shape index (κ1) is 12.0. The molecule has 0 unspecified atom stereocenters. The fourth-order valence-corrected chi connectivity index (χ4v) is 3.89. The highest BCUT2D eigenvalue weighted by atomic mass is 15.2. The van der Waals surface area contributed by atoms with Crippen LogP contribution >= 0.6 is 0 Å². The highest BCUT2D eigenvalue weighted by Gasteiger charge is 2.28. The number of pyridine rings is 1. The summed E-state index contributed by atoms with van der Waals surface area (Å²) in [5.74, 6) is 1.05. The van der Waals surface area contributed by atoms with E-state index in [1.807, 2.05) is 12.3 Å². The van der Waals surface area contributed by atoms with Gasteiger partial charge in [-0.1, -0.05) is 36.4 Å². The molecule has 1 aliphatic carbocycles. The largest absolute Gasteiger partial charge is 0.326 e. The molecule has 0 atom stereocenters. The Balaban J connectivity index is 1.65. The quantitative estimate of drug-likeness (QED) is 0.516. The number of hydrogen-bond donors (Lipinski definition) is 0. The van der Waals surface area contributed by atoms with Crippen molar-refractivity contribution in [1.29, 1.82) is 0 Å². The minimum atomic E-state index is 1.03. The van der Waals surface area contributed by atoms with E-state index in [0.717, 1.165) is 25.2 Å². The number of aromatic nitrogens is 1. The highest BCUT2D eigenvalue weighted by Crippen LogP contribution is 2.44. The van der Waals surface area contributed by atoms with E-state index < -0.39 is 0 Å². The number of fused-ring (bicyclic) bond motifs is 5. The van der Waals surface area contributed by atoms with Gasteiger partial charge in [0.05, 0.1) is 0 Å². The molecule has 1 aromatic heterocycles. The van der Waals surface area contributed by atoms with Crippen LogP contribution in [0.3, 0.4) is 0 Å². The highest BCUT2D eigenvalue weighted by molar-refractivity contribution is 5.83. The Morgan fingerprint density at radius 3 is 2.64 bits per heavy atom. The van der Waals surface area contributed by atoms with Crippen molar-refractivity contribution in [2.24, 2.45) is 0 Å². The molecule has 0 spiro atoms. The standard InChI is InChI=1S/C20H16N2/c1-2-6-15-14(5-1)13-18-16(15)8-9-19-17(18)10-12-22(19)20-7-3-4-11-21-20/h1-9,11H,10,12-13H2. The molecule has 22 heavy (non-hydrogen) atoms. The van der Waals surface area contributed by atoms with E-state index in [2.05, 4.69) is 58.4 Å². The second-order valence-corrected chi connectivity index (χ2v) is 6.01. The summed E-state index contributed by atoms with van der Waals surface area (Å²) in [4.78, 5) is 6.86. The third-order valence-electron chi connectivity index (χ3n) is 4.88. The van der Waals surface area contributed by atoms with Gasteiger partial charge in [-0.2, -0.15) is 0 Å². The molecule has 0 bridgehead atoms. The minimum absolute atomic E-state index is 1.03. The third kappa shape index (κ3) is 1.58. The van der Waals surface area contributed by atoms with Gasteiger partial charge < -0.3 is 4.90 Å². The van der Waals surface area contributed by atoms with Gasteiger partial charge in [0, 0.05) is 18.4 Å². The molecule has 2 aromatic carbocycles. The van der Waals surface area contributed by atoms with E-state index in [9.17, 15) is 0 Å². The van der Waals surface area contributed by atoms with Crippen LogP contribution in [0.25, 0.3) is 11.1 Å². The lowest BCUT2D eigenvalue weighted by Crippen LogP contribution is -2.14. The van der Waals surface area contributed by atoms with Crippen molar-refractivity contribution in [2.45, 2.75) is 12.8 Å². The Hall–Kier alpha value is -2.61. The second-order valence-electron chi connectivity index (χ2n) is 6.01. The molecular formula is C20H16N2. The van der Waals surface area contributed by atoms with Gasteiger partial charge in [0.15, 0.2) is 0 Å². The maximum absolute atomic E-state index is 4.52. The van der Waals surface area contributed by atoms with Crippen LogP contribution in [-0.4, -0.2) is 11.5 Å². The van der Waals surface area contributed by atoms with Crippen LogP contribution in [0.15, 0.2) is 60.8 Å². The van der Waals surface area contributed by atoms with Gasteiger partial charge in [0.25, 0.3) is 0 Å². The van der Waals surface area contributed by atoms with Crippen molar-refractivity contribution < 1.29 is 0 Å². The zero-order valence-electron chi connectivity index (χ0n) is 12.3. The molecule has 0 amide bonds.